The van der Waals surface area contributed by atoms with Gasteiger partial charge in [-0.15, -0.1) is 24.8 Å². The standard InChI is InChI=1S/C13H20N4O.2ClH/c18-12(16-6-8-17-7-5-15-10-17)11-9-13(11)1-3-14-4-2-13;;/h5,7,10-11,14H,1-4,6,8-9H2,(H,16,18);2*1H. The first-order valence-electron chi connectivity index (χ1n) is 6.74. The summed E-state index contributed by atoms with van der Waals surface area (Å²) in [5, 5.41) is 6.41. The van der Waals surface area contributed by atoms with Crippen LogP contribution in [-0.4, -0.2) is 35.1 Å². The molecular formula is C13H22Cl2N4O. The third-order valence-electron chi connectivity index (χ3n) is 4.33. The maximum atomic E-state index is 12.1. The average Bonchev–Trinajstić information content (AvgIpc) is 2.85. The molecule has 1 aliphatic heterocycles. The van der Waals surface area contributed by atoms with Crippen molar-refractivity contribution in [2.75, 3.05) is 19.6 Å². The molecule has 3 rings (SSSR count). The van der Waals surface area contributed by atoms with Crippen molar-refractivity contribution < 1.29 is 4.79 Å². The fourth-order valence-corrected chi connectivity index (χ4v) is 3.05. The van der Waals surface area contributed by atoms with Gasteiger partial charge in [0, 0.05) is 31.4 Å². The maximum absolute atomic E-state index is 12.1. The van der Waals surface area contributed by atoms with Gasteiger partial charge in [-0.3, -0.25) is 4.79 Å². The number of hydrogen-bond acceptors (Lipinski definition) is 3. The molecule has 114 valence electrons. The number of amides is 1. The van der Waals surface area contributed by atoms with E-state index in [1.807, 2.05) is 10.8 Å². The van der Waals surface area contributed by atoms with Gasteiger partial charge in [-0.25, -0.2) is 4.98 Å². The quantitative estimate of drug-likeness (QED) is 0.877. The van der Waals surface area contributed by atoms with Crippen LogP contribution in [0.2, 0.25) is 0 Å². The van der Waals surface area contributed by atoms with Gasteiger partial charge in [-0.05, 0) is 37.8 Å². The normalized spacial score (nSPS) is 22.5. The van der Waals surface area contributed by atoms with Gasteiger partial charge in [-0.2, -0.15) is 0 Å². The smallest absolute Gasteiger partial charge is 0.223 e. The number of hydrogen-bond donors (Lipinski definition) is 2. The van der Waals surface area contributed by atoms with Gasteiger partial charge in [-0.1, -0.05) is 0 Å². The summed E-state index contributed by atoms with van der Waals surface area (Å²) >= 11 is 0. The SMILES string of the molecule is Cl.Cl.O=C(NCCn1ccnc1)C1CC12CCNCC2. The molecule has 0 radical (unpaired) electrons. The highest BCUT2D eigenvalue weighted by Crippen LogP contribution is 2.58. The van der Waals surface area contributed by atoms with Gasteiger partial charge in [0.25, 0.3) is 0 Å². The minimum absolute atomic E-state index is 0. The predicted molar refractivity (Wildman–Crippen MR) is 82.4 cm³/mol. The molecule has 5 nitrogen and oxygen atoms in total. The zero-order valence-corrected chi connectivity index (χ0v) is 13.0. The zero-order chi connectivity index (χ0) is 12.4. The van der Waals surface area contributed by atoms with Crippen LogP contribution in [0, 0.1) is 11.3 Å². The lowest BCUT2D eigenvalue weighted by molar-refractivity contribution is -0.123. The molecule has 1 atom stereocenters. The van der Waals surface area contributed by atoms with E-state index in [1.54, 1.807) is 12.5 Å². The molecule has 2 aliphatic rings. The second-order valence-corrected chi connectivity index (χ2v) is 5.46. The molecule has 0 bridgehead atoms. The molecule has 1 saturated carbocycles. The highest BCUT2D eigenvalue weighted by molar-refractivity contribution is 5.85. The van der Waals surface area contributed by atoms with E-state index < -0.39 is 0 Å². The van der Waals surface area contributed by atoms with Crippen LogP contribution < -0.4 is 10.6 Å². The van der Waals surface area contributed by atoms with Crippen molar-refractivity contribution in [3.8, 4) is 0 Å². The van der Waals surface area contributed by atoms with Gasteiger partial charge >= 0.3 is 0 Å². The largest absolute Gasteiger partial charge is 0.354 e. The highest BCUT2D eigenvalue weighted by atomic mass is 35.5. The summed E-state index contributed by atoms with van der Waals surface area (Å²) in [6, 6.07) is 0. The number of aromatic nitrogens is 2. The fraction of sp³-hybridized carbons (Fsp3) is 0.692. The van der Waals surface area contributed by atoms with E-state index in [0.717, 1.165) is 38.9 Å². The van der Waals surface area contributed by atoms with E-state index in [1.165, 1.54) is 0 Å². The van der Waals surface area contributed by atoms with Crippen LogP contribution in [0.4, 0.5) is 0 Å². The summed E-state index contributed by atoms with van der Waals surface area (Å²) in [6.07, 6.45) is 8.85. The molecular weight excluding hydrogens is 299 g/mol. The first kappa shape index (κ1) is 17.3. The predicted octanol–water partition coefficient (Wildman–Crippen LogP) is 1.23. The Kier molecular flexibility index (Phi) is 6.30. The lowest BCUT2D eigenvalue weighted by Crippen LogP contribution is -2.34. The number of piperidine rings is 1. The van der Waals surface area contributed by atoms with Crippen LogP contribution in [0.25, 0.3) is 0 Å². The number of rotatable bonds is 4. The van der Waals surface area contributed by atoms with E-state index in [9.17, 15) is 4.79 Å². The van der Waals surface area contributed by atoms with Crippen LogP contribution >= 0.6 is 24.8 Å². The molecule has 1 saturated heterocycles. The minimum atomic E-state index is 0. The molecule has 1 spiro atoms. The number of carbonyl (C=O) groups excluding carboxylic acids is 1. The van der Waals surface area contributed by atoms with Gasteiger partial charge in [0.1, 0.15) is 0 Å². The van der Waals surface area contributed by atoms with Crippen molar-refractivity contribution in [3.05, 3.63) is 18.7 Å². The molecule has 1 aromatic rings. The maximum Gasteiger partial charge on any atom is 0.223 e. The first-order valence-corrected chi connectivity index (χ1v) is 6.74. The second-order valence-electron chi connectivity index (χ2n) is 5.46. The summed E-state index contributed by atoms with van der Waals surface area (Å²) in [7, 11) is 0. The Hall–Kier alpha value is -0.780. The molecule has 2 heterocycles. The lowest BCUT2D eigenvalue weighted by atomic mass is 9.92. The van der Waals surface area contributed by atoms with E-state index >= 15 is 0 Å². The third kappa shape index (κ3) is 3.65. The lowest BCUT2D eigenvalue weighted by Gasteiger charge is -2.23. The molecule has 7 heteroatoms. The van der Waals surface area contributed by atoms with Crippen molar-refractivity contribution in [2.45, 2.75) is 25.8 Å². The minimum Gasteiger partial charge on any atom is -0.354 e. The van der Waals surface area contributed by atoms with Crippen LogP contribution in [0.1, 0.15) is 19.3 Å². The van der Waals surface area contributed by atoms with Gasteiger partial charge in [0.2, 0.25) is 5.91 Å². The Labute approximate surface area is 131 Å². The van der Waals surface area contributed by atoms with Crippen molar-refractivity contribution in [1.29, 1.82) is 0 Å². The Morgan fingerprint density at radius 1 is 1.40 bits per heavy atom. The van der Waals surface area contributed by atoms with Gasteiger partial charge in [0.05, 0.1) is 6.33 Å². The molecule has 1 amide bonds. The summed E-state index contributed by atoms with van der Waals surface area (Å²) < 4.78 is 1.98. The Balaban J connectivity index is 0.000001000. The number of carbonyl (C=O) groups is 1. The third-order valence-corrected chi connectivity index (χ3v) is 4.33. The number of nitrogens with one attached hydrogen (secondary N) is 2. The van der Waals surface area contributed by atoms with Crippen molar-refractivity contribution in [2.24, 2.45) is 11.3 Å². The van der Waals surface area contributed by atoms with Crippen LogP contribution in [0.15, 0.2) is 18.7 Å². The van der Waals surface area contributed by atoms with E-state index in [4.69, 9.17) is 0 Å². The van der Waals surface area contributed by atoms with Crippen molar-refractivity contribution in [3.63, 3.8) is 0 Å². The second kappa shape index (κ2) is 7.29. The molecule has 0 aromatic carbocycles. The summed E-state index contributed by atoms with van der Waals surface area (Å²) in [4.78, 5) is 16.0. The van der Waals surface area contributed by atoms with E-state index in [2.05, 4.69) is 15.6 Å². The molecule has 20 heavy (non-hydrogen) atoms. The number of halogens is 2. The molecule has 2 fully saturated rings. The average molecular weight is 321 g/mol. The van der Waals surface area contributed by atoms with Crippen LogP contribution in [0.3, 0.4) is 0 Å². The fourth-order valence-electron chi connectivity index (χ4n) is 3.05. The summed E-state index contributed by atoms with van der Waals surface area (Å²) in [6.45, 7) is 3.63. The first-order chi connectivity index (χ1) is 8.80. The van der Waals surface area contributed by atoms with Gasteiger partial charge < -0.3 is 15.2 Å². The number of nitrogens with zero attached hydrogens (tertiary/aromatic N) is 2. The molecule has 1 aromatic heterocycles. The Morgan fingerprint density at radius 2 is 2.15 bits per heavy atom. The van der Waals surface area contributed by atoms with Crippen molar-refractivity contribution in [1.82, 2.24) is 20.2 Å². The van der Waals surface area contributed by atoms with E-state index in [0.29, 0.717) is 12.0 Å². The highest BCUT2D eigenvalue weighted by Gasteiger charge is 2.57. The van der Waals surface area contributed by atoms with Crippen molar-refractivity contribution >= 4 is 30.7 Å². The monoisotopic (exact) mass is 320 g/mol. The molecule has 2 N–H and O–H groups in total. The summed E-state index contributed by atoms with van der Waals surface area (Å²) in [5.41, 5.74) is 0.338. The van der Waals surface area contributed by atoms with E-state index in [-0.39, 0.29) is 36.6 Å². The summed E-state index contributed by atoms with van der Waals surface area (Å²) in [5.74, 6) is 0.513. The Morgan fingerprint density at radius 3 is 2.80 bits per heavy atom. The topological polar surface area (TPSA) is 59.0 Å². The zero-order valence-electron chi connectivity index (χ0n) is 11.4. The molecule has 1 unspecified atom stereocenters. The van der Waals surface area contributed by atoms with Crippen LogP contribution in [-0.2, 0) is 11.3 Å². The van der Waals surface area contributed by atoms with Crippen LogP contribution in [0.5, 0.6) is 0 Å². The Bertz CT molecular complexity index is 418. The van der Waals surface area contributed by atoms with Gasteiger partial charge in [0.15, 0.2) is 0 Å². The number of imidazole rings is 1. The molecule has 1 aliphatic carbocycles.